The van der Waals surface area contributed by atoms with Crippen LogP contribution in [0.5, 0.6) is 0 Å². The Labute approximate surface area is 87.9 Å². The minimum atomic E-state index is 0. The van der Waals surface area contributed by atoms with Gasteiger partial charge in [-0.15, -0.1) is 17.0 Å². The summed E-state index contributed by atoms with van der Waals surface area (Å²) in [5.74, 6) is 1.98. The van der Waals surface area contributed by atoms with Crippen molar-refractivity contribution in [2.45, 2.75) is 53.4 Å². The third-order valence-corrected chi connectivity index (χ3v) is 3.24. The molecule has 0 nitrogen and oxygen atoms in total. The highest BCUT2D eigenvalue weighted by atomic mass is 79.9. The Morgan fingerprint density at radius 3 is 1.67 bits per heavy atom. The Morgan fingerprint density at radius 1 is 0.917 bits per heavy atom. The van der Waals surface area contributed by atoms with E-state index in [0.29, 0.717) is 5.41 Å². The van der Waals surface area contributed by atoms with E-state index in [1.165, 1.54) is 25.7 Å². The van der Waals surface area contributed by atoms with Crippen LogP contribution in [0.3, 0.4) is 0 Å². The van der Waals surface area contributed by atoms with E-state index in [4.69, 9.17) is 0 Å². The van der Waals surface area contributed by atoms with E-state index in [-0.39, 0.29) is 17.0 Å². The molecule has 1 heteroatoms. The van der Waals surface area contributed by atoms with Crippen LogP contribution in [-0.4, -0.2) is 0 Å². The van der Waals surface area contributed by atoms with E-state index in [2.05, 4.69) is 27.7 Å². The standard InChI is InChI=1S/C11H22.BrH/c1-9-5-7-10(8-6-9)11(2,3)4;/h9-10H,5-8H2,1-4H3;1H/t9-,10-;. The van der Waals surface area contributed by atoms with Gasteiger partial charge in [-0.25, -0.2) is 0 Å². The molecule has 0 radical (unpaired) electrons. The molecular formula is C11H23Br. The predicted molar refractivity (Wildman–Crippen MR) is 60.9 cm³/mol. The number of hydrogen-bond acceptors (Lipinski definition) is 0. The highest BCUT2D eigenvalue weighted by Crippen LogP contribution is 2.39. The lowest BCUT2D eigenvalue weighted by Gasteiger charge is -2.35. The maximum absolute atomic E-state index is 2.39. The average Bonchev–Trinajstić information content (AvgIpc) is 1.86. The molecule has 1 aliphatic carbocycles. The van der Waals surface area contributed by atoms with Crippen LogP contribution in [-0.2, 0) is 0 Å². The van der Waals surface area contributed by atoms with Crippen LogP contribution in [0.15, 0.2) is 0 Å². The summed E-state index contributed by atoms with van der Waals surface area (Å²) >= 11 is 0. The molecule has 1 fully saturated rings. The fourth-order valence-corrected chi connectivity index (χ4v) is 2.13. The maximum Gasteiger partial charge on any atom is -0.0354 e. The monoisotopic (exact) mass is 234 g/mol. The van der Waals surface area contributed by atoms with Crippen LogP contribution in [0.25, 0.3) is 0 Å². The second-order valence-electron chi connectivity index (χ2n) is 5.32. The lowest BCUT2D eigenvalue weighted by Crippen LogP contribution is -2.24. The first-order valence-corrected chi connectivity index (χ1v) is 5.00. The molecule has 0 aliphatic heterocycles. The fourth-order valence-electron chi connectivity index (χ4n) is 2.13. The van der Waals surface area contributed by atoms with Gasteiger partial charge in [0.25, 0.3) is 0 Å². The fraction of sp³-hybridized carbons (Fsp3) is 1.00. The van der Waals surface area contributed by atoms with Crippen molar-refractivity contribution in [3.8, 4) is 0 Å². The third kappa shape index (κ3) is 3.47. The molecule has 0 amide bonds. The summed E-state index contributed by atoms with van der Waals surface area (Å²) in [5, 5.41) is 0. The van der Waals surface area contributed by atoms with Gasteiger partial charge in [-0.1, -0.05) is 40.5 Å². The predicted octanol–water partition coefficient (Wildman–Crippen LogP) is 4.44. The topological polar surface area (TPSA) is 0 Å². The molecule has 1 saturated carbocycles. The quantitative estimate of drug-likeness (QED) is 0.582. The van der Waals surface area contributed by atoms with E-state index in [9.17, 15) is 0 Å². The van der Waals surface area contributed by atoms with Crippen molar-refractivity contribution >= 4 is 17.0 Å². The smallest absolute Gasteiger partial charge is 0.0354 e. The summed E-state index contributed by atoms with van der Waals surface area (Å²) in [7, 11) is 0. The summed E-state index contributed by atoms with van der Waals surface area (Å²) in [6.45, 7) is 9.54. The molecule has 0 aromatic heterocycles. The van der Waals surface area contributed by atoms with Gasteiger partial charge >= 0.3 is 0 Å². The Kier molecular flexibility index (Phi) is 4.83. The highest BCUT2D eigenvalue weighted by molar-refractivity contribution is 8.93. The molecule has 0 saturated heterocycles. The van der Waals surface area contributed by atoms with Gasteiger partial charge in [-0.05, 0) is 30.1 Å². The van der Waals surface area contributed by atoms with Gasteiger partial charge in [-0.3, -0.25) is 0 Å². The number of halogens is 1. The van der Waals surface area contributed by atoms with E-state index in [1.54, 1.807) is 0 Å². The molecule has 0 heterocycles. The molecule has 0 bridgehead atoms. The minimum absolute atomic E-state index is 0. The summed E-state index contributed by atoms with van der Waals surface area (Å²) in [6, 6.07) is 0. The number of hydrogen-bond donors (Lipinski definition) is 0. The van der Waals surface area contributed by atoms with Gasteiger partial charge in [0.1, 0.15) is 0 Å². The molecule has 0 aromatic carbocycles. The molecule has 12 heavy (non-hydrogen) atoms. The Bertz CT molecular complexity index is 115. The normalized spacial score (nSPS) is 31.0. The molecule has 0 spiro atoms. The van der Waals surface area contributed by atoms with Gasteiger partial charge in [-0.2, -0.15) is 0 Å². The Hall–Kier alpha value is 0.480. The zero-order valence-corrected chi connectivity index (χ0v) is 10.6. The maximum atomic E-state index is 2.39. The van der Waals surface area contributed by atoms with E-state index in [0.717, 1.165) is 11.8 Å². The van der Waals surface area contributed by atoms with Gasteiger partial charge < -0.3 is 0 Å². The van der Waals surface area contributed by atoms with Gasteiger partial charge in [0, 0.05) is 0 Å². The summed E-state index contributed by atoms with van der Waals surface area (Å²) in [5.41, 5.74) is 0.556. The van der Waals surface area contributed by atoms with Gasteiger partial charge in [0.05, 0.1) is 0 Å². The summed E-state index contributed by atoms with van der Waals surface area (Å²) < 4.78 is 0. The van der Waals surface area contributed by atoms with Crippen LogP contribution in [0, 0.1) is 17.3 Å². The largest absolute Gasteiger partial charge is 0.114 e. The number of rotatable bonds is 0. The van der Waals surface area contributed by atoms with Crippen LogP contribution in [0.4, 0.5) is 0 Å². The second kappa shape index (κ2) is 4.64. The first kappa shape index (κ1) is 12.5. The summed E-state index contributed by atoms with van der Waals surface area (Å²) in [6.07, 6.45) is 5.85. The Balaban J connectivity index is 0.00000121. The first-order valence-electron chi connectivity index (χ1n) is 5.00. The van der Waals surface area contributed by atoms with Crippen molar-refractivity contribution in [2.75, 3.05) is 0 Å². The van der Waals surface area contributed by atoms with Crippen LogP contribution >= 0.6 is 17.0 Å². The average molecular weight is 235 g/mol. The molecule has 1 rings (SSSR count). The molecule has 0 N–H and O–H groups in total. The van der Waals surface area contributed by atoms with E-state index >= 15 is 0 Å². The van der Waals surface area contributed by atoms with E-state index in [1.807, 2.05) is 0 Å². The van der Waals surface area contributed by atoms with E-state index < -0.39 is 0 Å². The van der Waals surface area contributed by atoms with Crippen molar-refractivity contribution in [1.82, 2.24) is 0 Å². The van der Waals surface area contributed by atoms with Crippen molar-refractivity contribution < 1.29 is 0 Å². The minimum Gasteiger partial charge on any atom is -0.114 e. The zero-order valence-electron chi connectivity index (χ0n) is 8.89. The third-order valence-electron chi connectivity index (χ3n) is 3.24. The first-order chi connectivity index (χ1) is 5.00. The second-order valence-corrected chi connectivity index (χ2v) is 5.32. The van der Waals surface area contributed by atoms with Crippen LogP contribution in [0.1, 0.15) is 53.4 Å². The van der Waals surface area contributed by atoms with Crippen molar-refractivity contribution in [1.29, 1.82) is 0 Å². The molecule has 74 valence electrons. The van der Waals surface area contributed by atoms with Crippen LogP contribution < -0.4 is 0 Å². The Morgan fingerprint density at radius 2 is 1.33 bits per heavy atom. The highest BCUT2D eigenvalue weighted by Gasteiger charge is 2.27. The lowest BCUT2D eigenvalue weighted by atomic mass is 9.70. The summed E-state index contributed by atoms with van der Waals surface area (Å²) in [4.78, 5) is 0. The van der Waals surface area contributed by atoms with Crippen molar-refractivity contribution in [3.63, 3.8) is 0 Å². The molecule has 1 aliphatic rings. The van der Waals surface area contributed by atoms with Gasteiger partial charge in [0.2, 0.25) is 0 Å². The zero-order chi connectivity index (χ0) is 8.48. The molecule has 0 aromatic rings. The van der Waals surface area contributed by atoms with Gasteiger partial charge in [0.15, 0.2) is 0 Å². The SMILES string of the molecule is Br.CC(C)(C)[C@H]1CC[C@H](C)CC1. The van der Waals surface area contributed by atoms with Crippen molar-refractivity contribution in [3.05, 3.63) is 0 Å². The molecule has 0 unspecified atom stereocenters. The lowest BCUT2D eigenvalue weighted by molar-refractivity contribution is 0.155. The molecular weight excluding hydrogens is 212 g/mol. The molecule has 0 atom stereocenters. The van der Waals surface area contributed by atoms with Crippen molar-refractivity contribution in [2.24, 2.45) is 17.3 Å². The van der Waals surface area contributed by atoms with Crippen LogP contribution in [0.2, 0.25) is 0 Å².